The maximum absolute atomic E-state index is 12.1. The van der Waals surface area contributed by atoms with Gasteiger partial charge in [-0.25, -0.2) is 4.79 Å². The number of carbonyl (C=O) groups is 1. The summed E-state index contributed by atoms with van der Waals surface area (Å²) in [5.74, 6) is 0.812. The van der Waals surface area contributed by atoms with Crippen molar-refractivity contribution >= 4 is 6.03 Å². The Kier molecular flexibility index (Phi) is 6.67. The zero-order valence-electron chi connectivity index (χ0n) is 15.4. The number of rotatable bonds is 5. The number of ether oxygens (including phenoxy) is 1. The van der Waals surface area contributed by atoms with Gasteiger partial charge in [-0.2, -0.15) is 0 Å². The van der Waals surface area contributed by atoms with Crippen molar-refractivity contribution < 1.29 is 9.53 Å². The number of hydrogen-bond donors (Lipinski definition) is 2. The van der Waals surface area contributed by atoms with E-state index >= 15 is 0 Å². The average Bonchev–Trinajstić information content (AvgIpc) is 2.45. The van der Waals surface area contributed by atoms with Gasteiger partial charge in [0.25, 0.3) is 0 Å². The predicted octanol–water partition coefficient (Wildman–Crippen LogP) is 4.70. The molecule has 0 aliphatic rings. The van der Waals surface area contributed by atoms with Crippen LogP contribution in [0.1, 0.15) is 58.7 Å². The van der Waals surface area contributed by atoms with Crippen molar-refractivity contribution in [1.29, 1.82) is 0 Å². The Hall–Kier alpha value is -1.97. The average molecular weight is 318 g/mol. The molecule has 2 amide bonds. The fourth-order valence-electron chi connectivity index (χ4n) is 2.00. The molecule has 0 fully saturated rings. The van der Waals surface area contributed by atoms with Gasteiger partial charge in [0.05, 0.1) is 12.6 Å². The van der Waals surface area contributed by atoms with E-state index in [1.165, 1.54) is 0 Å². The number of carbonyl (C=O) groups excluding carboxylic acids is 1. The highest BCUT2D eigenvalue weighted by molar-refractivity contribution is 5.75. The SMILES string of the molecule is CCOc1ccc(C)cc1C(C)NC(=O)N/C=C(\C)C(C)(C)C. The van der Waals surface area contributed by atoms with Gasteiger partial charge in [-0.3, -0.25) is 0 Å². The van der Waals surface area contributed by atoms with Crippen LogP contribution in [-0.2, 0) is 0 Å². The first kappa shape index (κ1) is 19.1. The summed E-state index contributed by atoms with van der Waals surface area (Å²) in [5, 5.41) is 5.76. The van der Waals surface area contributed by atoms with Crippen LogP contribution in [0.5, 0.6) is 5.75 Å². The molecule has 0 heterocycles. The minimum Gasteiger partial charge on any atom is -0.494 e. The normalized spacial score (nSPS) is 13.4. The first-order valence-electron chi connectivity index (χ1n) is 8.12. The number of benzene rings is 1. The fourth-order valence-corrected chi connectivity index (χ4v) is 2.00. The predicted molar refractivity (Wildman–Crippen MR) is 95.6 cm³/mol. The first-order chi connectivity index (χ1) is 10.6. The molecule has 0 radical (unpaired) electrons. The van der Waals surface area contributed by atoms with Gasteiger partial charge in [0.1, 0.15) is 5.75 Å². The molecule has 0 spiro atoms. The van der Waals surface area contributed by atoms with Gasteiger partial charge < -0.3 is 15.4 Å². The monoisotopic (exact) mass is 318 g/mol. The smallest absolute Gasteiger partial charge is 0.319 e. The zero-order valence-corrected chi connectivity index (χ0v) is 15.4. The largest absolute Gasteiger partial charge is 0.494 e. The number of allylic oxidation sites excluding steroid dienone is 1. The van der Waals surface area contributed by atoms with Crippen molar-refractivity contribution in [3.63, 3.8) is 0 Å². The third kappa shape index (κ3) is 5.97. The summed E-state index contributed by atoms with van der Waals surface area (Å²) in [5.41, 5.74) is 3.28. The molecule has 23 heavy (non-hydrogen) atoms. The van der Waals surface area contributed by atoms with Crippen molar-refractivity contribution in [3.05, 3.63) is 41.1 Å². The van der Waals surface area contributed by atoms with E-state index in [2.05, 4.69) is 31.4 Å². The van der Waals surface area contributed by atoms with Crippen LogP contribution in [0.2, 0.25) is 0 Å². The quantitative estimate of drug-likeness (QED) is 0.826. The van der Waals surface area contributed by atoms with E-state index in [0.717, 1.165) is 22.4 Å². The molecule has 0 saturated carbocycles. The minimum absolute atomic E-state index is 0.0393. The van der Waals surface area contributed by atoms with Crippen LogP contribution >= 0.6 is 0 Å². The zero-order chi connectivity index (χ0) is 17.6. The maximum Gasteiger partial charge on any atom is 0.319 e. The van der Waals surface area contributed by atoms with Gasteiger partial charge in [0.2, 0.25) is 0 Å². The third-order valence-corrected chi connectivity index (χ3v) is 3.88. The van der Waals surface area contributed by atoms with E-state index in [-0.39, 0.29) is 17.5 Å². The van der Waals surface area contributed by atoms with Crippen molar-refractivity contribution in [2.24, 2.45) is 5.41 Å². The van der Waals surface area contributed by atoms with E-state index in [1.807, 2.05) is 45.9 Å². The van der Waals surface area contributed by atoms with Crippen LogP contribution in [0, 0.1) is 12.3 Å². The van der Waals surface area contributed by atoms with Crippen molar-refractivity contribution in [3.8, 4) is 5.75 Å². The molecule has 1 rings (SSSR count). The van der Waals surface area contributed by atoms with E-state index in [4.69, 9.17) is 4.74 Å². The standard InChI is InChI=1S/C19H30N2O2/c1-8-23-17-10-9-13(2)11-16(17)15(4)21-18(22)20-12-14(3)19(5,6)7/h9-12,15H,8H2,1-7H3,(H2,20,21,22)/b14-12+. The summed E-state index contributed by atoms with van der Waals surface area (Å²) in [6, 6.07) is 5.65. The lowest BCUT2D eigenvalue weighted by Gasteiger charge is -2.21. The lowest BCUT2D eigenvalue weighted by atomic mass is 9.88. The Balaban J connectivity index is 2.78. The molecular weight excluding hydrogens is 288 g/mol. The van der Waals surface area contributed by atoms with Gasteiger partial charge in [0.15, 0.2) is 0 Å². The molecule has 4 nitrogen and oxygen atoms in total. The summed E-state index contributed by atoms with van der Waals surface area (Å²) in [4.78, 5) is 12.1. The van der Waals surface area contributed by atoms with Gasteiger partial charge >= 0.3 is 6.03 Å². The second-order valence-corrected chi connectivity index (χ2v) is 6.89. The summed E-state index contributed by atoms with van der Waals surface area (Å²) in [7, 11) is 0. The minimum atomic E-state index is -0.218. The van der Waals surface area contributed by atoms with E-state index < -0.39 is 0 Å². The van der Waals surface area contributed by atoms with Crippen LogP contribution in [0.15, 0.2) is 30.0 Å². The topological polar surface area (TPSA) is 50.4 Å². The van der Waals surface area contributed by atoms with Crippen LogP contribution in [0.4, 0.5) is 4.79 Å². The Morgan fingerprint density at radius 1 is 1.35 bits per heavy atom. The van der Waals surface area contributed by atoms with Crippen LogP contribution in [0.3, 0.4) is 0 Å². The molecule has 0 aliphatic heterocycles. The Morgan fingerprint density at radius 2 is 2.00 bits per heavy atom. The highest BCUT2D eigenvalue weighted by Gasteiger charge is 2.15. The number of amides is 2. The molecule has 1 aromatic carbocycles. The van der Waals surface area contributed by atoms with E-state index in [1.54, 1.807) is 6.20 Å². The summed E-state index contributed by atoms with van der Waals surface area (Å²) >= 11 is 0. The van der Waals surface area contributed by atoms with Gasteiger partial charge in [-0.05, 0) is 39.2 Å². The van der Waals surface area contributed by atoms with Gasteiger partial charge in [-0.15, -0.1) is 0 Å². The second kappa shape index (κ2) is 8.04. The molecule has 128 valence electrons. The molecule has 1 unspecified atom stereocenters. The van der Waals surface area contributed by atoms with Crippen molar-refractivity contribution in [2.45, 2.75) is 54.5 Å². The lowest BCUT2D eigenvalue weighted by Crippen LogP contribution is -2.34. The fraction of sp³-hybridized carbons (Fsp3) is 0.526. The van der Waals surface area contributed by atoms with Crippen molar-refractivity contribution in [1.82, 2.24) is 10.6 Å². The number of aryl methyl sites for hydroxylation is 1. The Morgan fingerprint density at radius 3 is 2.57 bits per heavy atom. The molecule has 0 saturated heterocycles. The first-order valence-corrected chi connectivity index (χ1v) is 8.12. The molecule has 4 heteroatoms. The highest BCUT2D eigenvalue weighted by Crippen LogP contribution is 2.26. The summed E-state index contributed by atoms with van der Waals surface area (Å²) in [6.07, 6.45) is 1.77. The highest BCUT2D eigenvalue weighted by atomic mass is 16.5. The van der Waals surface area contributed by atoms with E-state index in [0.29, 0.717) is 6.61 Å². The lowest BCUT2D eigenvalue weighted by molar-refractivity contribution is 0.240. The van der Waals surface area contributed by atoms with Crippen LogP contribution in [0.25, 0.3) is 0 Å². The molecule has 1 atom stereocenters. The van der Waals surface area contributed by atoms with E-state index in [9.17, 15) is 4.79 Å². The van der Waals surface area contributed by atoms with Gasteiger partial charge in [-0.1, -0.05) is 44.0 Å². The number of nitrogens with one attached hydrogen (secondary N) is 2. The molecule has 0 aliphatic carbocycles. The molecular formula is C19H30N2O2. The van der Waals surface area contributed by atoms with Crippen LogP contribution < -0.4 is 15.4 Å². The van der Waals surface area contributed by atoms with Gasteiger partial charge in [0, 0.05) is 11.8 Å². The third-order valence-electron chi connectivity index (χ3n) is 3.88. The Labute approximate surface area is 140 Å². The number of hydrogen-bond acceptors (Lipinski definition) is 2. The molecule has 2 N–H and O–H groups in total. The number of urea groups is 1. The Bertz CT molecular complexity index is 571. The summed E-state index contributed by atoms with van der Waals surface area (Å²) < 4.78 is 5.65. The van der Waals surface area contributed by atoms with Crippen molar-refractivity contribution in [2.75, 3.05) is 6.61 Å². The molecule has 0 aromatic heterocycles. The molecule has 1 aromatic rings. The maximum atomic E-state index is 12.1. The van der Waals surface area contributed by atoms with Crippen LogP contribution in [-0.4, -0.2) is 12.6 Å². The molecule has 0 bridgehead atoms. The summed E-state index contributed by atoms with van der Waals surface area (Å²) in [6.45, 7) is 14.9. The second-order valence-electron chi connectivity index (χ2n) is 6.89.